The quantitative estimate of drug-likeness (QED) is 0.380. The number of para-hydroxylation sites is 1. The van der Waals surface area contributed by atoms with E-state index >= 15 is 0 Å². The second-order valence-corrected chi connectivity index (χ2v) is 7.02. The molecule has 0 spiro atoms. The molecule has 0 fully saturated rings. The fraction of sp³-hybridized carbons (Fsp3) is 0.0833. The maximum absolute atomic E-state index is 12.9. The number of aromatic nitrogens is 2. The molecule has 0 bridgehead atoms. The highest BCUT2D eigenvalue weighted by Gasteiger charge is 2.19. The first kappa shape index (κ1) is 21.6. The van der Waals surface area contributed by atoms with Gasteiger partial charge in [0.25, 0.3) is 11.8 Å². The summed E-state index contributed by atoms with van der Waals surface area (Å²) in [7, 11) is 0. The highest BCUT2D eigenvalue weighted by molar-refractivity contribution is 6.00. The Morgan fingerprint density at radius 3 is 2.27 bits per heavy atom. The van der Waals surface area contributed by atoms with E-state index in [9.17, 15) is 14.4 Å². The topological polar surface area (TPSA) is 118 Å². The van der Waals surface area contributed by atoms with Gasteiger partial charge in [-0.25, -0.2) is 4.68 Å². The fourth-order valence-corrected chi connectivity index (χ4v) is 3.10. The number of nitrogens with zero attached hydrogens (tertiary/aromatic N) is 2. The molecule has 2 aromatic carbocycles. The molecule has 0 radical (unpaired) electrons. The molecular weight excluding hydrogens is 422 g/mol. The van der Waals surface area contributed by atoms with Crippen molar-refractivity contribution in [2.45, 2.75) is 6.42 Å². The van der Waals surface area contributed by atoms with Gasteiger partial charge in [-0.05, 0) is 24.3 Å². The summed E-state index contributed by atoms with van der Waals surface area (Å²) in [6.45, 7) is 0.0858. The van der Waals surface area contributed by atoms with Gasteiger partial charge in [-0.1, -0.05) is 48.5 Å². The van der Waals surface area contributed by atoms with E-state index in [2.05, 4.69) is 21.3 Å². The van der Waals surface area contributed by atoms with Crippen molar-refractivity contribution in [3.05, 3.63) is 96.6 Å². The van der Waals surface area contributed by atoms with Crippen LogP contribution in [0.15, 0.2) is 89.7 Å². The number of amides is 3. The largest absolute Gasteiger partial charge is 0.459 e. The van der Waals surface area contributed by atoms with Crippen molar-refractivity contribution in [3.63, 3.8) is 0 Å². The maximum atomic E-state index is 12.9. The molecule has 0 saturated carbocycles. The van der Waals surface area contributed by atoms with Gasteiger partial charge in [0.15, 0.2) is 5.76 Å². The first-order chi connectivity index (χ1) is 16.1. The number of hydrogen-bond donors (Lipinski definition) is 3. The Kier molecular flexibility index (Phi) is 6.60. The van der Waals surface area contributed by atoms with Crippen molar-refractivity contribution in [1.82, 2.24) is 25.9 Å². The average Bonchev–Trinajstić information content (AvgIpc) is 3.54. The number of rotatable bonds is 7. The minimum Gasteiger partial charge on any atom is -0.459 e. The van der Waals surface area contributed by atoms with Crippen LogP contribution in [0.25, 0.3) is 16.9 Å². The van der Waals surface area contributed by atoms with Crippen molar-refractivity contribution in [1.29, 1.82) is 0 Å². The summed E-state index contributed by atoms with van der Waals surface area (Å²) < 4.78 is 6.60. The average molecular weight is 443 g/mol. The molecule has 2 heterocycles. The summed E-state index contributed by atoms with van der Waals surface area (Å²) in [4.78, 5) is 36.8. The van der Waals surface area contributed by atoms with Crippen LogP contribution in [0.4, 0.5) is 0 Å². The Morgan fingerprint density at radius 1 is 0.848 bits per heavy atom. The molecule has 0 unspecified atom stereocenters. The molecule has 166 valence electrons. The molecule has 9 heteroatoms. The van der Waals surface area contributed by atoms with E-state index in [0.29, 0.717) is 11.3 Å². The number of nitrogens with one attached hydrogen (secondary N) is 3. The van der Waals surface area contributed by atoms with Gasteiger partial charge in [-0.3, -0.25) is 25.2 Å². The third kappa shape index (κ3) is 5.34. The van der Waals surface area contributed by atoms with Crippen LogP contribution in [0.3, 0.4) is 0 Å². The van der Waals surface area contributed by atoms with E-state index in [1.54, 1.807) is 16.9 Å². The zero-order chi connectivity index (χ0) is 23.0. The van der Waals surface area contributed by atoms with E-state index in [-0.39, 0.29) is 18.7 Å². The summed E-state index contributed by atoms with van der Waals surface area (Å²) in [6, 6.07) is 21.8. The Labute approximate surface area is 189 Å². The van der Waals surface area contributed by atoms with Crippen LogP contribution in [0.1, 0.15) is 27.3 Å². The van der Waals surface area contributed by atoms with Gasteiger partial charge in [0.2, 0.25) is 5.91 Å². The SMILES string of the molecule is O=C(CCNC(=O)c1ccco1)NNC(=O)c1cn(-c2ccccc2)nc1-c1ccccc1. The van der Waals surface area contributed by atoms with Crippen LogP contribution >= 0.6 is 0 Å². The van der Waals surface area contributed by atoms with E-state index < -0.39 is 17.7 Å². The molecule has 9 nitrogen and oxygen atoms in total. The predicted octanol–water partition coefficient (Wildman–Crippen LogP) is 2.71. The van der Waals surface area contributed by atoms with E-state index in [4.69, 9.17) is 4.42 Å². The normalized spacial score (nSPS) is 10.4. The molecule has 0 aliphatic rings. The monoisotopic (exact) mass is 443 g/mol. The summed E-state index contributed by atoms with van der Waals surface area (Å²) in [6.07, 6.45) is 2.98. The van der Waals surface area contributed by atoms with Gasteiger partial charge >= 0.3 is 0 Å². The number of carbonyl (C=O) groups excluding carboxylic acids is 3. The third-order valence-corrected chi connectivity index (χ3v) is 4.72. The highest BCUT2D eigenvalue weighted by Crippen LogP contribution is 2.23. The van der Waals surface area contributed by atoms with Crippen LogP contribution in [0.5, 0.6) is 0 Å². The Hall–Kier alpha value is -4.66. The lowest BCUT2D eigenvalue weighted by atomic mass is 10.1. The first-order valence-corrected chi connectivity index (χ1v) is 10.2. The van der Waals surface area contributed by atoms with Gasteiger partial charge in [-0.15, -0.1) is 0 Å². The van der Waals surface area contributed by atoms with Crippen LogP contribution in [-0.4, -0.2) is 34.0 Å². The summed E-state index contributed by atoms with van der Waals surface area (Å²) >= 11 is 0. The minimum atomic E-state index is -0.510. The van der Waals surface area contributed by atoms with E-state index in [0.717, 1.165) is 11.3 Å². The first-order valence-electron chi connectivity index (χ1n) is 10.2. The van der Waals surface area contributed by atoms with Crippen molar-refractivity contribution < 1.29 is 18.8 Å². The van der Waals surface area contributed by atoms with Crippen LogP contribution in [0, 0.1) is 0 Å². The number of hydrogen-bond acceptors (Lipinski definition) is 5. The maximum Gasteiger partial charge on any atom is 0.286 e. The Balaban J connectivity index is 1.40. The molecule has 4 aromatic rings. The van der Waals surface area contributed by atoms with Crippen molar-refractivity contribution >= 4 is 17.7 Å². The molecule has 3 N–H and O–H groups in total. The van der Waals surface area contributed by atoms with Gasteiger partial charge in [0.05, 0.1) is 17.5 Å². The lowest BCUT2D eigenvalue weighted by Crippen LogP contribution is -2.42. The van der Waals surface area contributed by atoms with Gasteiger partial charge in [0, 0.05) is 24.7 Å². The van der Waals surface area contributed by atoms with Crippen molar-refractivity contribution in [3.8, 4) is 16.9 Å². The smallest absolute Gasteiger partial charge is 0.286 e. The minimum absolute atomic E-state index is 0.0262. The highest BCUT2D eigenvalue weighted by atomic mass is 16.3. The molecule has 0 atom stereocenters. The van der Waals surface area contributed by atoms with Crippen LogP contribution < -0.4 is 16.2 Å². The van der Waals surface area contributed by atoms with Gasteiger partial charge < -0.3 is 9.73 Å². The van der Waals surface area contributed by atoms with Crippen molar-refractivity contribution in [2.24, 2.45) is 0 Å². The molecule has 0 aliphatic carbocycles. The number of furan rings is 1. The molecular formula is C24H21N5O4. The summed E-state index contributed by atoms with van der Waals surface area (Å²) in [5, 5.41) is 7.15. The summed E-state index contributed by atoms with van der Waals surface area (Å²) in [5.41, 5.74) is 7.13. The molecule has 0 aliphatic heterocycles. The van der Waals surface area contributed by atoms with Crippen LogP contribution in [0.2, 0.25) is 0 Å². The van der Waals surface area contributed by atoms with E-state index in [1.165, 1.54) is 12.3 Å². The summed E-state index contributed by atoms with van der Waals surface area (Å²) in [5.74, 6) is -1.23. The standard InChI is InChI=1S/C24H21N5O4/c30-21(13-14-25-24(32)20-12-7-15-33-20)26-27-23(31)19-16-29(18-10-5-2-6-11-18)28-22(19)17-8-3-1-4-9-17/h1-12,15-16H,13-14H2,(H,25,32)(H,26,30)(H,27,31). The van der Waals surface area contributed by atoms with Crippen LogP contribution in [-0.2, 0) is 4.79 Å². The second kappa shape index (κ2) is 10.1. The zero-order valence-corrected chi connectivity index (χ0v) is 17.5. The van der Waals surface area contributed by atoms with Crippen molar-refractivity contribution in [2.75, 3.05) is 6.54 Å². The molecule has 3 amide bonds. The molecule has 0 saturated heterocycles. The lowest BCUT2D eigenvalue weighted by Gasteiger charge is -2.08. The predicted molar refractivity (Wildman–Crippen MR) is 120 cm³/mol. The van der Waals surface area contributed by atoms with Gasteiger partial charge in [-0.2, -0.15) is 5.10 Å². The zero-order valence-electron chi connectivity index (χ0n) is 17.5. The third-order valence-electron chi connectivity index (χ3n) is 4.72. The van der Waals surface area contributed by atoms with E-state index in [1.807, 2.05) is 60.7 Å². The number of hydrazine groups is 1. The molecule has 2 aromatic heterocycles. The molecule has 4 rings (SSSR count). The van der Waals surface area contributed by atoms with Gasteiger partial charge in [0.1, 0.15) is 5.69 Å². The fourth-order valence-electron chi connectivity index (χ4n) is 3.10. The number of benzene rings is 2. The Morgan fingerprint density at radius 2 is 1.58 bits per heavy atom. The second-order valence-electron chi connectivity index (χ2n) is 7.02. The lowest BCUT2D eigenvalue weighted by molar-refractivity contribution is -0.121. The Bertz CT molecular complexity index is 1230. The molecule has 33 heavy (non-hydrogen) atoms. The number of carbonyl (C=O) groups is 3.